The van der Waals surface area contributed by atoms with Crippen LogP contribution in [-0.4, -0.2) is 58.2 Å². The number of benzene rings is 1. The molecule has 1 aromatic carbocycles. The van der Waals surface area contributed by atoms with Crippen molar-refractivity contribution in [3.63, 3.8) is 0 Å². The van der Waals surface area contributed by atoms with E-state index >= 15 is 0 Å². The van der Waals surface area contributed by atoms with Crippen LogP contribution in [0.5, 0.6) is 11.5 Å². The highest BCUT2D eigenvalue weighted by Crippen LogP contribution is 2.24. The molecule has 8 nitrogen and oxygen atoms in total. The maximum atomic E-state index is 12.1. The molecule has 1 fully saturated rings. The summed E-state index contributed by atoms with van der Waals surface area (Å²) in [4.78, 5) is 24.1. The van der Waals surface area contributed by atoms with Crippen LogP contribution in [0.15, 0.2) is 18.2 Å². The van der Waals surface area contributed by atoms with Gasteiger partial charge in [-0.25, -0.2) is 13.2 Å². The topological polar surface area (TPSA) is 108 Å². The first-order valence-corrected chi connectivity index (χ1v) is 9.40. The maximum Gasteiger partial charge on any atom is 0.338 e. The Morgan fingerprint density at radius 2 is 1.76 bits per heavy atom. The highest BCUT2D eigenvalue weighted by molar-refractivity contribution is 7.91. The summed E-state index contributed by atoms with van der Waals surface area (Å²) < 4.78 is 38.2. The lowest BCUT2D eigenvalue weighted by molar-refractivity contribution is -0.125. The van der Waals surface area contributed by atoms with Crippen LogP contribution in [0, 0.1) is 0 Å². The third-order valence-electron chi connectivity index (χ3n) is 3.87. The number of hydrogen-bond acceptors (Lipinski definition) is 7. The van der Waals surface area contributed by atoms with E-state index in [0.29, 0.717) is 17.9 Å². The van der Waals surface area contributed by atoms with Crippen LogP contribution in [0.25, 0.3) is 0 Å². The Balaban J connectivity index is 1.95. The summed E-state index contributed by atoms with van der Waals surface area (Å²) in [7, 11) is -0.235. The minimum atomic E-state index is -3.14. The van der Waals surface area contributed by atoms with Gasteiger partial charge in [0.05, 0.1) is 36.8 Å². The van der Waals surface area contributed by atoms with Gasteiger partial charge in [-0.05, 0) is 25.5 Å². The zero-order valence-electron chi connectivity index (χ0n) is 14.3. The number of esters is 1. The average Bonchev–Trinajstić information content (AvgIpc) is 2.84. The summed E-state index contributed by atoms with van der Waals surface area (Å²) >= 11 is 0. The molecule has 1 aliphatic rings. The summed E-state index contributed by atoms with van der Waals surface area (Å²) in [6.45, 7) is 1.15. The molecule has 0 spiro atoms. The molecule has 1 amide bonds. The van der Waals surface area contributed by atoms with Crippen molar-refractivity contribution < 1.29 is 32.2 Å². The predicted octanol–water partition coefficient (Wildman–Crippen LogP) is 0.554. The van der Waals surface area contributed by atoms with Crippen molar-refractivity contribution in [3.8, 4) is 11.5 Å². The molecule has 25 heavy (non-hydrogen) atoms. The van der Waals surface area contributed by atoms with E-state index in [1.807, 2.05) is 0 Å². The number of sulfone groups is 1. The number of methoxy groups -OCH3 is 2. The quantitative estimate of drug-likeness (QED) is 0.728. The Bertz CT molecular complexity index is 752. The number of amides is 1. The molecule has 9 heteroatoms. The van der Waals surface area contributed by atoms with Crippen LogP contribution in [0.2, 0.25) is 0 Å². The van der Waals surface area contributed by atoms with E-state index in [1.54, 1.807) is 13.0 Å². The fourth-order valence-electron chi connectivity index (χ4n) is 2.62. The molecule has 2 rings (SSSR count). The smallest absolute Gasteiger partial charge is 0.338 e. The lowest BCUT2D eigenvalue weighted by Gasteiger charge is -2.23. The molecule has 0 saturated carbocycles. The summed E-state index contributed by atoms with van der Waals surface area (Å²) in [6.07, 6.45) is 0.335. The van der Waals surface area contributed by atoms with Gasteiger partial charge in [0.25, 0.3) is 5.91 Å². The number of carbonyl (C=O) groups is 2. The third kappa shape index (κ3) is 5.09. The van der Waals surface area contributed by atoms with Crippen molar-refractivity contribution in [1.29, 1.82) is 0 Å². The lowest BCUT2D eigenvalue weighted by atomic mass is 10.0. The van der Waals surface area contributed by atoms with E-state index in [-0.39, 0.29) is 17.1 Å². The monoisotopic (exact) mass is 371 g/mol. The molecule has 0 unspecified atom stereocenters. The Hall–Kier alpha value is -2.29. The SMILES string of the molecule is COc1cc(OC)cc(C(=O)OCC(=O)N[C@]2(C)CCS(=O)(=O)C2)c1. The zero-order valence-corrected chi connectivity index (χ0v) is 15.1. The molecule has 1 saturated heterocycles. The van der Waals surface area contributed by atoms with Crippen LogP contribution in [0.4, 0.5) is 0 Å². The zero-order chi connectivity index (χ0) is 18.7. The van der Waals surface area contributed by atoms with Crippen LogP contribution in [-0.2, 0) is 19.4 Å². The number of nitrogens with one attached hydrogen (secondary N) is 1. The molecule has 0 bridgehead atoms. The standard InChI is InChI=1S/C16H21NO7S/c1-16(4-5-25(20,21)10-16)17-14(18)9-24-15(19)11-6-12(22-2)8-13(7-11)23-3/h6-8H,4-5,9-10H2,1-3H3,(H,17,18)/t16-/m1/s1. The van der Waals surface area contributed by atoms with Crippen LogP contribution in [0.3, 0.4) is 0 Å². The second-order valence-electron chi connectivity index (χ2n) is 6.13. The van der Waals surface area contributed by atoms with Gasteiger partial charge in [0.15, 0.2) is 16.4 Å². The summed E-state index contributed by atoms with van der Waals surface area (Å²) in [6, 6.07) is 4.53. The van der Waals surface area contributed by atoms with Gasteiger partial charge in [-0.3, -0.25) is 4.79 Å². The van der Waals surface area contributed by atoms with Crippen molar-refractivity contribution in [2.45, 2.75) is 18.9 Å². The molecule has 1 N–H and O–H groups in total. The molecule has 1 atom stereocenters. The molecule has 0 aliphatic carbocycles. The largest absolute Gasteiger partial charge is 0.497 e. The van der Waals surface area contributed by atoms with Gasteiger partial charge in [0.2, 0.25) is 0 Å². The Morgan fingerprint density at radius 3 is 2.24 bits per heavy atom. The molecular formula is C16H21NO7S. The van der Waals surface area contributed by atoms with Crippen molar-refractivity contribution >= 4 is 21.7 Å². The number of ether oxygens (including phenoxy) is 3. The minimum absolute atomic E-state index is 0.0349. The van der Waals surface area contributed by atoms with E-state index in [4.69, 9.17) is 14.2 Å². The average molecular weight is 371 g/mol. The predicted molar refractivity (Wildman–Crippen MR) is 89.6 cm³/mol. The number of rotatable bonds is 6. The summed E-state index contributed by atoms with van der Waals surface area (Å²) in [5.74, 6) is -0.516. The van der Waals surface area contributed by atoms with Crippen LogP contribution >= 0.6 is 0 Å². The first-order chi connectivity index (χ1) is 11.7. The van der Waals surface area contributed by atoms with Gasteiger partial charge in [0, 0.05) is 6.07 Å². The Labute approximate surface area is 146 Å². The maximum absolute atomic E-state index is 12.1. The van der Waals surface area contributed by atoms with Crippen molar-refractivity contribution in [2.75, 3.05) is 32.3 Å². The second kappa shape index (κ2) is 7.30. The molecule has 1 aliphatic heterocycles. The highest BCUT2D eigenvalue weighted by atomic mass is 32.2. The van der Waals surface area contributed by atoms with E-state index < -0.39 is 33.9 Å². The molecule has 1 heterocycles. The Morgan fingerprint density at radius 1 is 1.16 bits per heavy atom. The molecule has 1 aromatic rings. The summed E-state index contributed by atoms with van der Waals surface area (Å²) in [5.41, 5.74) is -0.653. The normalized spacial score (nSPS) is 21.4. The van der Waals surface area contributed by atoms with Crippen molar-refractivity contribution in [2.24, 2.45) is 0 Å². The van der Waals surface area contributed by atoms with E-state index in [1.165, 1.54) is 26.4 Å². The highest BCUT2D eigenvalue weighted by Gasteiger charge is 2.39. The van der Waals surface area contributed by atoms with E-state index in [2.05, 4.69) is 5.32 Å². The fourth-order valence-corrected chi connectivity index (χ4v) is 4.71. The van der Waals surface area contributed by atoms with Crippen LogP contribution in [0.1, 0.15) is 23.7 Å². The number of carbonyl (C=O) groups excluding carboxylic acids is 2. The van der Waals surface area contributed by atoms with E-state index in [9.17, 15) is 18.0 Å². The van der Waals surface area contributed by atoms with Gasteiger partial charge in [-0.15, -0.1) is 0 Å². The van der Waals surface area contributed by atoms with Crippen molar-refractivity contribution in [1.82, 2.24) is 5.32 Å². The van der Waals surface area contributed by atoms with Gasteiger partial charge in [-0.2, -0.15) is 0 Å². The number of hydrogen-bond donors (Lipinski definition) is 1. The molecule has 138 valence electrons. The minimum Gasteiger partial charge on any atom is -0.497 e. The lowest BCUT2D eigenvalue weighted by Crippen LogP contribution is -2.48. The Kier molecular flexibility index (Phi) is 5.56. The molecule has 0 aromatic heterocycles. The first kappa shape index (κ1) is 19.0. The summed E-state index contributed by atoms with van der Waals surface area (Å²) in [5, 5.41) is 2.62. The molecular weight excluding hydrogens is 350 g/mol. The van der Waals surface area contributed by atoms with Gasteiger partial charge >= 0.3 is 5.97 Å². The second-order valence-corrected chi connectivity index (χ2v) is 8.31. The van der Waals surface area contributed by atoms with Crippen LogP contribution < -0.4 is 14.8 Å². The van der Waals surface area contributed by atoms with Gasteiger partial charge in [-0.1, -0.05) is 0 Å². The first-order valence-electron chi connectivity index (χ1n) is 7.58. The van der Waals surface area contributed by atoms with Gasteiger partial charge < -0.3 is 19.5 Å². The fraction of sp³-hybridized carbons (Fsp3) is 0.500. The van der Waals surface area contributed by atoms with Crippen molar-refractivity contribution in [3.05, 3.63) is 23.8 Å². The van der Waals surface area contributed by atoms with Gasteiger partial charge in [0.1, 0.15) is 11.5 Å². The van der Waals surface area contributed by atoms with E-state index in [0.717, 1.165) is 0 Å². The third-order valence-corrected chi connectivity index (χ3v) is 5.77. The molecule has 0 radical (unpaired) electrons.